The Labute approximate surface area is 131 Å². The third-order valence-corrected chi connectivity index (χ3v) is 4.07. The molecule has 0 spiro atoms. The Hall–Kier alpha value is -1.10. The number of hydrogen-bond acceptors (Lipinski definition) is 4. The first-order chi connectivity index (χ1) is 10.2. The molecule has 1 aromatic carbocycles. The van der Waals surface area contributed by atoms with Gasteiger partial charge in [0, 0.05) is 31.3 Å². The van der Waals surface area contributed by atoms with Gasteiger partial charge in [-0.05, 0) is 24.5 Å². The number of esters is 1. The summed E-state index contributed by atoms with van der Waals surface area (Å²) < 4.78 is 10.4. The van der Waals surface area contributed by atoms with E-state index in [9.17, 15) is 4.79 Å². The highest BCUT2D eigenvalue weighted by atomic mass is 35.5. The van der Waals surface area contributed by atoms with Crippen molar-refractivity contribution in [2.75, 3.05) is 26.8 Å². The van der Waals surface area contributed by atoms with Crippen LogP contribution in [-0.2, 0) is 20.8 Å². The Kier molecular flexibility index (Phi) is 6.49. The molecule has 4 nitrogen and oxygen atoms in total. The first-order valence-corrected chi connectivity index (χ1v) is 7.71. The third-order valence-electron chi connectivity index (χ3n) is 3.70. The lowest BCUT2D eigenvalue weighted by Gasteiger charge is -2.25. The number of benzene rings is 1. The van der Waals surface area contributed by atoms with Crippen molar-refractivity contribution < 1.29 is 14.3 Å². The second kappa shape index (κ2) is 8.37. The number of carbonyl (C=O) groups excluding carboxylic acids is 1. The van der Waals surface area contributed by atoms with E-state index in [1.807, 2.05) is 24.3 Å². The molecule has 0 aliphatic carbocycles. The lowest BCUT2D eigenvalue weighted by Crippen LogP contribution is -2.33. The largest absolute Gasteiger partial charge is 0.469 e. The number of nitrogens with zero attached hydrogens (tertiary/aromatic N) is 1. The van der Waals surface area contributed by atoms with Crippen molar-refractivity contribution in [3.63, 3.8) is 0 Å². The second-order valence-corrected chi connectivity index (χ2v) is 5.69. The van der Waals surface area contributed by atoms with Crippen molar-refractivity contribution in [2.24, 2.45) is 0 Å². The molecule has 0 saturated carbocycles. The van der Waals surface area contributed by atoms with E-state index in [0.717, 1.165) is 43.1 Å². The molecule has 1 aromatic rings. The molecule has 5 heteroatoms. The molecule has 116 valence electrons. The molecule has 1 fully saturated rings. The van der Waals surface area contributed by atoms with Gasteiger partial charge >= 0.3 is 5.97 Å². The van der Waals surface area contributed by atoms with Crippen molar-refractivity contribution in [3.05, 3.63) is 34.9 Å². The molecule has 0 amide bonds. The minimum Gasteiger partial charge on any atom is -0.469 e. The molecule has 1 saturated heterocycles. The molecule has 1 atom stereocenters. The average molecular weight is 312 g/mol. The monoisotopic (exact) mass is 311 g/mol. The van der Waals surface area contributed by atoms with Crippen LogP contribution < -0.4 is 0 Å². The van der Waals surface area contributed by atoms with Crippen LogP contribution in [0.25, 0.3) is 0 Å². The van der Waals surface area contributed by atoms with Gasteiger partial charge in [-0.2, -0.15) is 0 Å². The normalized spacial score (nSPS) is 18.1. The fraction of sp³-hybridized carbons (Fsp3) is 0.562. The van der Waals surface area contributed by atoms with Crippen molar-refractivity contribution in [1.29, 1.82) is 0 Å². The minimum atomic E-state index is -0.188. The van der Waals surface area contributed by atoms with Gasteiger partial charge in [-0.3, -0.25) is 9.69 Å². The smallest absolute Gasteiger partial charge is 0.306 e. The van der Waals surface area contributed by atoms with Crippen LogP contribution in [0.5, 0.6) is 0 Å². The van der Waals surface area contributed by atoms with Gasteiger partial charge in [0.05, 0.1) is 19.6 Å². The highest BCUT2D eigenvalue weighted by Crippen LogP contribution is 2.19. The second-order valence-electron chi connectivity index (χ2n) is 5.29. The van der Waals surface area contributed by atoms with Gasteiger partial charge in [-0.25, -0.2) is 0 Å². The zero-order valence-electron chi connectivity index (χ0n) is 12.4. The lowest BCUT2D eigenvalue weighted by atomic mass is 10.1. The van der Waals surface area contributed by atoms with Gasteiger partial charge in [-0.1, -0.05) is 29.8 Å². The number of carbonyl (C=O) groups is 1. The molecule has 2 rings (SSSR count). The topological polar surface area (TPSA) is 38.8 Å². The van der Waals surface area contributed by atoms with Crippen LogP contribution in [-0.4, -0.2) is 43.8 Å². The number of methoxy groups -OCH3 is 1. The molecule has 0 radical (unpaired) electrons. The fourth-order valence-electron chi connectivity index (χ4n) is 2.53. The zero-order valence-corrected chi connectivity index (χ0v) is 13.1. The Balaban J connectivity index is 1.96. The average Bonchev–Trinajstić information content (AvgIpc) is 2.99. The molecule has 0 aromatic heterocycles. The van der Waals surface area contributed by atoms with E-state index in [0.29, 0.717) is 13.0 Å². The summed E-state index contributed by atoms with van der Waals surface area (Å²) >= 11 is 6.23. The summed E-state index contributed by atoms with van der Waals surface area (Å²) in [5.74, 6) is -0.188. The van der Waals surface area contributed by atoms with E-state index in [1.54, 1.807) is 0 Å². The van der Waals surface area contributed by atoms with E-state index in [-0.39, 0.29) is 12.1 Å². The molecule has 0 N–H and O–H groups in total. The number of hydrogen-bond donors (Lipinski definition) is 0. The summed E-state index contributed by atoms with van der Waals surface area (Å²) in [5.41, 5.74) is 1.07. The van der Waals surface area contributed by atoms with E-state index in [2.05, 4.69) is 4.90 Å². The first kappa shape index (κ1) is 16.3. The van der Waals surface area contributed by atoms with Crippen molar-refractivity contribution in [3.8, 4) is 0 Å². The van der Waals surface area contributed by atoms with Crippen LogP contribution in [0.4, 0.5) is 0 Å². The summed E-state index contributed by atoms with van der Waals surface area (Å²) in [5, 5.41) is 0.757. The number of rotatable bonds is 7. The van der Waals surface area contributed by atoms with E-state index in [4.69, 9.17) is 21.1 Å². The molecule has 1 aliphatic heterocycles. The Morgan fingerprint density at radius 2 is 2.29 bits per heavy atom. The molecule has 1 heterocycles. The number of ether oxygens (including phenoxy) is 2. The van der Waals surface area contributed by atoms with Crippen LogP contribution in [0.3, 0.4) is 0 Å². The molecular formula is C16H22ClNO3. The van der Waals surface area contributed by atoms with Crippen molar-refractivity contribution in [1.82, 2.24) is 4.90 Å². The van der Waals surface area contributed by atoms with E-state index >= 15 is 0 Å². The standard InChI is InChI=1S/C16H22ClNO3/c1-20-16(19)8-9-18(12-14-6-4-10-21-14)11-13-5-2-3-7-15(13)17/h2-3,5,7,14H,4,6,8-12H2,1H3. The third kappa shape index (κ3) is 5.30. The summed E-state index contributed by atoms with van der Waals surface area (Å²) in [6.07, 6.45) is 2.83. The van der Waals surface area contributed by atoms with Crippen LogP contribution in [0.2, 0.25) is 5.02 Å². The lowest BCUT2D eigenvalue weighted by molar-refractivity contribution is -0.141. The summed E-state index contributed by atoms with van der Waals surface area (Å²) in [6.45, 7) is 3.03. The first-order valence-electron chi connectivity index (χ1n) is 7.33. The van der Waals surface area contributed by atoms with E-state index in [1.165, 1.54) is 7.11 Å². The Morgan fingerprint density at radius 1 is 1.48 bits per heavy atom. The molecule has 0 bridgehead atoms. The van der Waals surface area contributed by atoms with Gasteiger partial charge in [0.2, 0.25) is 0 Å². The maximum Gasteiger partial charge on any atom is 0.306 e. The van der Waals surface area contributed by atoms with Gasteiger partial charge in [0.15, 0.2) is 0 Å². The van der Waals surface area contributed by atoms with Gasteiger partial charge in [-0.15, -0.1) is 0 Å². The summed E-state index contributed by atoms with van der Waals surface area (Å²) in [4.78, 5) is 13.6. The van der Waals surface area contributed by atoms with Gasteiger partial charge in [0.25, 0.3) is 0 Å². The zero-order chi connectivity index (χ0) is 15.1. The molecule has 1 aliphatic rings. The predicted molar refractivity (Wildman–Crippen MR) is 82.3 cm³/mol. The maximum absolute atomic E-state index is 11.4. The van der Waals surface area contributed by atoms with Crippen LogP contribution in [0.1, 0.15) is 24.8 Å². The SMILES string of the molecule is COC(=O)CCN(Cc1ccccc1Cl)CC1CCCO1. The number of halogens is 1. The summed E-state index contributed by atoms with van der Waals surface area (Å²) in [7, 11) is 1.42. The predicted octanol–water partition coefficient (Wildman–Crippen LogP) is 2.88. The fourth-order valence-corrected chi connectivity index (χ4v) is 2.73. The van der Waals surface area contributed by atoms with Crippen molar-refractivity contribution >= 4 is 17.6 Å². The molecule has 1 unspecified atom stereocenters. The summed E-state index contributed by atoms with van der Waals surface area (Å²) in [6, 6.07) is 7.81. The van der Waals surface area contributed by atoms with Gasteiger partial charge in [0.1, 0.15) is 0 Å². The quantitative estimate of drug-likeness (QED) is 0.726. The Bertz CT molecular complexity index is 461. The van der Waals surface area contributed by atoms with Crippen LogP contribution in [0.15, 0.2) is 24.3 Å². The minimum absolute atomic E-state index is 0.188. The van der Waals surface area contributed by atoms with Crippen molar-refractivity contribution in [2.45, 2.75) is 31.9 Å². The molecular weight excluding hydrogens is 290 g/mol. The van der Waals surface area contributed by atoms with Crippen LogP contribution in [0, 0.1) is 0 Å². The molecule has 21 heavy (non-hydrogen) atoms. The Morgan fingerprint density at radius 3 is 2.95 bits per heavy atom. The highest BCUT2D eigenvalue weighted by molar-refractivity contribution is 6.31. The highest BCUT2D eigenvalue weighted by Gasteiger charge is 2.20. The maximum atomic E-state index is 11.4. The van der Waals surface area contributed by atoms with E-state index < -0.39 is 0 Å². The van der Waals surface area contributed by atoms with Crippen LogP contribution >= 0.6 is 11.6 Å². The van der Waals surface area contributed by atoms with Gasteiger partial charge < -0.3 is 9.47 Å².